The first-order chi connectivity index (χ1) is 10.3. The van der Waals surface area contributed by atoms with Crippen molar-refractivity contribution in [3.05, 3.63) is 59.2 Å². The molecule has 1 aromatic carbocycles. The molecule has 0 saturated heterocycles. The number of methoxy groups -OCH3 is 1. The van der Waals surface area contributed by atoms with Crippen LogP contribution in [-0.2, 0) is 0 Å². The first-order valence-corrected chi connectivity index (χ1v) is 7.56. The van der Waals surface area contributed by atoms with Gasteiger partial charge >= 0.3 is 0 Å². The van der Waals surface area contributed by atoms with Gasteiger partial charge in [0.2, 0.25) is 5.88 Å². The zero-order valence-corrected chi connectivity index (χ0v) is 12.8. The quantitative estimate of drug-likeness (QED) is 0.684. The number of hydrogen-bond donors (Lipinski definition) is 0. The molecule has 0 aliphatic heterocycles. The SMILES string of the molecule is COc1ncccc1-c1nnc(C(Cl)c2ccccc2)s1. The Morgan fingerprint density at radius 1 is 1.10 bits per heavy atom. The van der Waals surface area contributed by atoms with Gasteiger partial charge in [-0.05, 0) is 17.7 Å². The summed E-state index contributed by atoms with van der Waals surface area (Å²) in [5.41, 5.74) is 1.82. The standard InChI is InChI=1S/C15H12ClN3OS/c1-20-13-11(8-5-9-17-13)14-18-19-15(21-14)12(16)10-6-3-2-4-7-10/h2-9,12H,1H3. The van der Waals surface area contributed by atoms with Crippen molar-refractivity contribution in [3.63, 3.8) is 0 Å². The number of aromatic nitrogens is 3. The lowest BCUT2D eigenvalue weighted by Crippen LogP contribution is -1.91. The van der Waals surface area contributed by atoms with E-state index in [1.54, 1.807) is 13.3 Å². The number of hydrogen-bond acceptors (Lipinski definition) is 5. The average molecular weight is 318 g/mol. The van der Waals surface area contributed by atoms with Crippen molar-refractivity contribution in [1.82, 2.24) is 15.2 Å². The highest BCUT2D eigenvalue weighted by Gasteiger charge is 2.18. The van der Waals surface area contributed by atoms with Crippen LogP contribution in [0, 0.1) is 0 Å². The molecule has 0 fully saturated rings. The summed E-state index contributed by atoms with van der Waals surface area (Å²) in [6.07, 6.45) is 1.68. The molecule has 0 radical (unpaired) electrons. The number of benzene rings is 1. The summed E-state index contributed by atoms with van der Waals surface area (Å²) < 4.78 is 5.25. The van der Waals surface area contributed by atoms with Crippen LogP contribution in [0.2, 0.25) is 0 Å². The van der Waals surface area contributed by atoms with E-state index in [0.29, 0.717) is 5.88 Å². The van der Waals surface area contributed by atoms with Crippen LogP contribution >= 0.6 is 22.9 Å². The molecule has 0 saturated carbocycles. The number of halogens is 1. The molecule has 21 heavy (non-hydrogen) atoms. The predicted octanol–water partition coefficient (Wildman–Crippen LogP) is 3.94. The molecule has 4 nitrogen and oxygen atoms in total. The normalized spacial score (nSPS) is 12.1. The lowest BCUT2D eigenvalue weighted by Gasteiger charge is -2.05. The third-order valence-corrected chi connectivity index (χ3v) is 4.55. The van der Waals surface area contributed by atoms with Crippen LogP contribution in [0.25, 0.3) is 10.6 Å². The van der Waals surface area contributed by atoms with Crippen LogP contribution < -0.4 is 4.74 Å². The molecule has 1 atom stereocenters. The minimum absolute atomic E-state index is 0.305. The number of ether oxygens (including phenoxy) is 1. The second-order valence-electron chi connectivity index (χ2n) is 4.28. The van der Waals surface area contributed by atoms with Crippen LogP contribution in [0.4, 0.5) is 0 Å². The van der Waals surface area contributed by atoms with Crippen molar-refractivity contribution in [2.45, 2.75) is 5.38 Å². The Bertz CT molecular complexity index is 733. The Morgan fingerprint density at radius 2 is 1.90 bits per heavy atom. The highest BCUT2D eigenvalue weighted by Crippen LogP contribution is 2.36. The molecule has 2 aromatic heterocycles. The lowest BCUT2D eigenvalue weighted by molar-refractivity contribution is 0.399. The third kappa shape index (κ3) is 2.89. The van der Waals surface area contributed by atoms with Crippen LogP contribution in [0.15, 0.2) is 48.7 Å². The van der Waals surface area contributed by atoms with Gasteiger partial charge in [-0.3, -0.25) is 0 Å². The molecule has 6 heteroatoms. The maximum absolute atomic E-state index is 6.47. The Kier molecular flexibility index (Phi) is 4.13. The van der Waals surface area contributed by atoms with Crippen LogP contribution in [0.3, 0.4) is 0 Å². The van der Waals surface area contributed by atoms with Gasteiger partial charge in [0.1, 0.15) is 10.4 Å². The highest BCUT2D eigenvalue weighted by molar-refractivity contribution is 7.15. The van der Waals surface area contributed by atoms with Crippen LogP contribution in [0.1, 0.15) is 15.9 Å². The smallest absolute Gasteiger partial charge is 0.223 e. The van der Waals surface area contributed by atoms with E-state index in [4.69, 9.17) is 16.3 Å². The molecule has 0 N–H and O–H groups in total. The molecule has 3 aromatic rings. The molecule has 0 bridgehead atoms. The monoisotopic (exact) mass is 317 g/mol. The van der Waals surface area contributed by atoms with Gasteiger partial charge in [-0.2, -0.15) is 0 Å². The molecule has 0 aliphatic carbocycles. The molecule has 0 spiro atoms. The highest BCUT2D eigenvalue weighted by atomic mass is 35.5. The van der Waals surface area contributed by atoms with Crippen molar-refractivity contribution < 1.29 is 4.74 Å². The van der Waals surface area contributed by atoms with E-state index in [0.717, 1.165) is 21.1 Å². The molecule has 3 rings (SSSR count). The van der Waals surface area contributed by atoms with Crippen molar-refractivity contribution in [2.75, 3.05) is 7.11 Å². The summed E-state index contributed by atoms with van der Waals surface area (Å²) in [5.74, 6) is 0.533. The van der Waals surface area contributed by atoms with Crippen LogP contribution in [-0.4, -0.2) is 22.3 Å². The van der Waals surface area contributed by atoms with Gasteiger partial charge in [0.25, 0.3) is 0 Å². The van der Waals surface area contributed by atoms with E-state index in [9.17, 15) is 0 Å². The lowest BCUT2D eigenvalue weighted by atomic mass is 10.1. The van der Waals surface area contributed by atoms with E-state index in [2.05, 4.69) is 15.2 Å². The fraction of sp³-hybridized carbons (Fsp3) is 0.133. The van der Waals surface area contributed by atoms with E-state index >= 15 is 0 Å². The van der Waals surface area contributed by atoms with Gasteiger partial charge in [-0.25, -0.2) is 4.98 Å². The molecule has 2 heterocycles. The molecule has 0 amide bonds. The summed E-state index contributed by atoms with van der Waals surface area (Å²) in [6, 6.07) is 13.6. The Hall–Kier alpha value is -1.98. The maximum atomic E-state index is 6.47. The van der Waals surface area contributed by atoms with Gasteiger partial charge in [-0.15, -0.1) is 21.8 Å². The Morgan fingerprint density at radius 3 is 2.67 bits per heavy atom. The molecule has 106 valence electrons. The predicted molar refractivity (Wildman–Crippen MR) is 83.8 cm³/mol. The topological polar surface area (TPSA) is 47.9 Å². The van der Waals surface area contributed by atoms with Gasteiger partial charge in [0, 0.05) is 6.20 Å². The first kappa shape index (κ1) is 14.0. The number of alkyl halides is 1. The second-order valence-corrected chi connectivity index (χ2v) is 5.72. The van der Waals surface area contributed by atoms with Gasteiger partial charge < -0.3 is 4.74 Å². The average Bonchev–Trinajstić information content (AvgIpc) is 3.04. The molecule has 1 unspecified atom stereocenters. The zero-order chi connectivity index (χ0) is 14.7. The minimum Gasteiger partial charge on any atom is -0.480 e. The van der Waals surface area contributed by atoms with E-state index < -0.39 is 0 Å². The molecular weight excluding hydrogens is 306 g/mol. The van der Waals surface area contributed by atoms with Gasteiger partial charge in [-0.1, -0.05) is 41.7 Å². The summed E-state index contributed by atoms with van der Waals surface area (Å²) >= 11 is 7.91. The summed E-state index contributed by atoms with van der Waals surface area (Å²) in [5, 5.41) is 9.60. The van der Waals surface area contributed by atoms with E-state index in [-0.39, 0.29) is 5.38 Å². The van der Waals surface area contributed by atoms with Crippen molar-refractivity contribution in [2.24, 2.45) is 0 Å². The Balaban J connectivity index is 1.93. The van der Waals surface area contributed by atoms with Gasteiger partial charge in [0.15, 0.2) is 5.01 Å². The molecule has 0 aliphatic rings. The van der Waals surface area contributed by atoms with Crippen LogP contribution in [0.5, 0.6) is 5.88 Å². The second kappa shape index (κ2) is 6.20. The third-order valence-electron chi connectivity index (χ3n) is 2.94. The summed E-state index contributed by atoms with van der Waals surface area (Å²) in [4.78, 5) is 4.17. The van der Waals surface area contributed by atoms with Crippen molar-refractivity contribution in [3.8, 4) is 16.5 Å². The van der Waals surface area contributed by atoms with E-state index in [1.807, 2.05) is 42.5 Å². The summed E-state index contributed by atoms with van der Waals surface area (Å²) in [7, 11) is 1.59. The Labute approximate surface area is 131 Å². The maximum Gasteiger partial charge on any atom is 0.223 e. The van der Waals surface area contributed by atoms with E-state index in [1.165, 1.54) is 11.3 Å². The van der Waals surface area contributed by atoms with Gasteiger partial charge in [0.05, 0.1) is 12.7 Å². The number of nitrogens with zero attached hydrogens (tertiary/aromatic N) is 3. The fourth-order valence-corrected chi connectivity index (χ4v) is 3.12. The summed E-state index contributed by atoms with van der Waals surface area (Å²) in [6.45, 7) is 0. The molecular formula is C15H12ClN3OS. The van der Waals surface area contributed by atoms with Crippen molar-refractivity contribution in [1.29, 1.82) is 0 Å². The largest absolute Gasteiger partial charge is 0.480 e. The number of pyridine rings is 1. The zero-order valence-electron chi connectivity index (χ0n) is 11.2. The number of rotatable bonds is 4. The first-order valence-electron chi connectivity index (χ1n) is 6.31. The van der Waals surface area contributed by atoms with Crippen molar-refractivity contribution >= 4 is 22.9 Å². The minimum atomic E-state index is -0.305. The fourth-order valence-electron chi connectivity index (χ4n) is 1.93.